The zero-order valence-electron chi connectivity index (χ0n) is 15.2. The second-order valence-corrected chi connectivity index (χ2v) is 9.67. The third-order valence-electron chi connectivity index (χ3n) is 4.72. The molecule has 0 spiro atoms. The molecule has 1 saturated heterocycles. The van der Waals surface area contributed by atoms with Gasteiger partial charge in [-0.25, -0.2) is 8.42 Å². The molecule has 6 nitrogen and oxygen atoms in total. The highest BCUT2D eigenvalue weighted by Crippen LogP contribution is 2.23. The summed E-state index contributed by atoms with van der Waals surface area (Å²) in [6, 6.07) is 9.31. The van der Waals surface area contributed by atoms with Crippen molar-refractivity contribution < 1.29 is 18.0 Å². The van der Waals surface area contributed by atoms with Crippen LogP contribution < -0.4 is 5.32 Å². The first-order valence-electron chi connectivity index (χ1n) is 8.72. The Morgan fingerprint density at radius 3 is 2.52 bits per heavy atom. The van der Waals surface area contributed by atoms with Gasteiger partial charge < -0.3 is 10.2 Å². The van der Waals surface area contributed by atoms with E-state index in [1.807, 2.05) is 18.4 Å². The number of hydrogen-bond donors (Lipinski definition) is 1. The molecule has 1 aliphatic rings. The molecule has 2 atom stereocenters. The maximum Gasteiger partial charge on any atom is 0.264 e. The highest BCUT2D eigenvalue weighted by Gasteiger charge is 2.35. The zero-order valence-corrected chi connectivity index (χ0v) is 16.8. The van der Waals surface area contributed by atoms with Gasteiger partial charge in [-0.1, -0.05) is 18.2 Å². The molecule has 1 aromatic carbocycles. The molecule has 8 heteroatoms. The van der Waals surface area contributed by atoms with Gasteiger partial charge in [-0.2, -0.15) is 0 Å². The highest BCUT2D eigenvalue weighted by atomic mass is 32.2. The van der Waals surface area contributed by atoms with Crippen molar-refractivity contribution in [1.82, 2.24) is 10.2 Å². The molecule has 0 bridgehead atoms. The van der Waals surface area contributed by atoms with E-state index in [2.05, 4.69) is 5.32 Å². The van der Waals surface area contributed by atoms with E-state index >= 15 is 0 Å². The summed E-state index contributed by atoms with van der Waals surface area (Å²) in [5, 5.41) is 4.80. The van der Waals surface area contributed by atoms with Crippen LogP contribution in [-0.2, 0) is 14.6 Å². The van der Waals surface area contributed by atoms with Gasteiger partial charge in [-0.3, -0.25) is 9.59 Å². The van der Waals surface area contributed by atoms with Crippen molar-refractivity contribution in [3.05, 3.63) is 52.2 Å². The van der Waals surface area contributed by atoms with Crippen LogP contribution in [0.3, 0.4) is 0 Å². The number of nitrogens with one attached hydrogen (secondary N) is 1. The number of nitrogens with zero attached hydrogens (tertiary/aromatic N) is 1. The molecule has 0 aliphatic carbocycles. The lowest BCUT2D eigenvalue weighted by Crippen LogP contribution is -2.46. The average Bonchev–Trinajstić information content (AvgIpc) is 3.32. The highest BCUT2D eigenvalue weighted by molar-refractivity contribution is 7.90. The van der Waals surface area contributed by atoms with Crippen LogP contribution in [0.4, 0.5) is 0 Å². The first-order valence-corrected chi connectivity index (χ1v) is 11.5. The van der Waals surface area contributed by atoms with E-state index in [1.165, 1.54) is 23.5 Å². The summed E-state index contributed by atoms with van der Waals surface area (Å²) in [6.45, 7) is 2.42. The van der Waals surface area contributed by atoms with Crippen LogP contribution in [0.25, 0.3) is 0 Å². The predicted molar refractivity (Wildman–Crippen MR) is 104 cm³/mol. The molecule has 0 radical (unpaired) electrons. The van der Waals surface area contributed by atoms with Crippen molar-refractivity contribution in [1.29, 1.82) is 0 Å². The molecule has 0 saturated carbocycles. The Bertz CT molecular complexity index is 921. The minimum atomic E-state index is -3.25. The first kappa shape index (κ1) is 19.6. The van der Waals surface area contributed by atoms with Gasteiger partial charge in [0.2, 0.25) is 5.91 Å². The summed E-state index contributed by atoms with van der Waals surface area (Å²) in [5.74, 6) is -0.287. The van der Waals surface area contributed by atoms with Gasteiger partial charge >= 0.3 is 0 Å². The quantitative estimate of drug-likeness (QED) is 0.827. The summed E-state index contributed by atoms with van der Waals surface area (Å²) in [6.07, 6.45) is 2.60. The summed E-state index contributed by atoms with van der Waals surface area (Å²) < 4.78 is 23.1. The summed E-state index contributed by atoms with van der Waals surface area (Å²) in [4.78, 5) is 27.9. The van der Waals surface area contributed by atoms with Crippen molar-refractivity contribution in [3.8, 4) is 0 Å². The molecule has 1 unspecified atom stereocenters. The molecule has 1 fully saturated rings. The molecular weight excluding hydrogens is 384 g/mol. The lowest BCUT2D eigenvalue weighted by molar-refractivity contribution is -0.125. The minimum Gasteiger partial charge on any atom is -0.348 e. The number of hydrogen-bond acceptors (Lipinski definition) is 5. The van der Waals surface area contributed by atoms with E-state index in [4.69, 9.17) is 0 Å². The number of carbonyl (C=O) groups is 2. The van der Waals surface area contributed by atoms with Gasteiger partial charge in [0.05, 0.1) is 15.8 Å². The maximum absolute atomic E-state index is 12.7. The fraction of sp³-hybridized carbons (Fsp3) is 0.368. The summed E-state index contributed by atoms with van der Waals surface area (Å²) >= 11 is 1.37. The smallest absolute Gasteiger partial charge is 0.264 e. The number of amides is 2. The first-order chi connectivity index (χ1) is 12.8. The van der Waals surface area contributed by atoms with Gasteiger partial charge in [-0.15, -0.1) is 11.3 Å². The van der Waals surface area contributed by atoms with E-state index in [1.54, 1.807) is 23.1 Å². The number of carbonyl (C=O) groups excluding carboxylic acids is 2. The maximum atomic E-state index is 12.7. The lowest BCUT2D eigenvalue weighted by Gasteiger charge is -2.25. The zero-order chi connectivity index (χ0) is 19.6. The Labute approximate surface area is 163 Å². The second kappa shape index (κ2) is 7.82. The third-order valence-corrected chi connectivity index (χ3v) is 6.70. The third kappa shape index (κ3) is 4.39. The summed E-state index contributed by atoms with van der Waals surface area (Å²) in [5.41, 5.74) is 0.810. The number of likely N-dealkylation sites (tertiary alicyclic amines) is 1. The normalized spacial score (nSPS) is 18.3. The molecule has 27 heavy (non-hydrogen) atoms. The molecule has 1 aromatic heterocycles. The van der Waals surface area contributed by atoms with Crippen molar-refractivity contribution in [2.75, 3.05) is 12.8 Å². The number of benzene rings is 1. The molecular formula is C19H22N2O4S2. The van der Waals surface area contributed by atoms with E-state index in [9.17, 15) is 18.0 Å². The average molecular weight is 407 g/mol. The standard InChI is InChI=1S/C19H22N2O4S2/c1-13(14-7-9-15(10-8-14)27(2,24)25)20-18(22)16-5-3-11-21(16)19(23)17-6-4-12-26-17/h4,6-10,12-13,16H,3,5,11H2,1-2H3,(H,20,22)/t13?,16-/m0/s1. The van der Waals surface area contributed by atoms with Gasteiger partial charge in [0.25, 0.3) is 5.91 Å². The van der Waals surface area contributed by atoms with Crippen LogP contribution in [-0.4, -0.2) is 44.0 Å². The van der Waals surface area contributed by atoms with Crippen LogP contribution >= 0.6 is 11.3 Å². The van der Waals surface area contributed by atoms with Gasteiger partial charge in [-0.05, 0) is 48.9 Å². The fourth-order valence-corrected chi connectivity index (χ4v) is 4.53. The van der Waals surface area contributed by atoms with Gasteiger partial charge in [0.1, 0.15) is 6.04 Å². The Kier molecular flexibility index (Phi) is 5.67. The number of thiophene rings is 1. The summed E-state index contributed by atoms with van der Waals surface area (Å²) in [7, 11) is -3.25. The minimum absolute atomic E-state index is 0.104. The fourth-order valence-electron chi connectivity index (χ4n) is 3.22. The van der Waals surface area contributed by atoms with Crippen molar-refractivity contribution in [2.45, 2.75) is 36.7 Å². The Morgan fingerprint density at radius 1 is 1.22 bits per heavy atom. The second-order valence-electron chi connectivity index (χ2n) is 6.71. The largest absolute Gasteiger partial charge is 0.348 e. The van der Waals surface area contributed by atoms with Gasteiger partial charge in [0.15, 0.2) is 9.84 Å². The van der Waals surface area contributed by atoms with E-state index in [-0.39, 0.29) is 22.8 Å². The molecule has 1 aliphatic heterocycles. The Balaban J connectivity index is 1.68. The van der Waals surface area contributed by atoms with E-state index in [0.29, 0.717) is 17.8 Å². The predicted octanol–water partition coefficient (Wildman–Crippen LogP) is 2.63. The van der Waals surface area contributed by atoms with E-state index < -0.39 is 15.9 Å². The van der Waals surface area contributed by atoms with E-state index in [0.717, 1.165) is 18.2 Å². The molecule has 144 valence electrons. The lowest BCUT2D eigenvalue weighted by atomic mass is 10.1. The molecule has 2 heterocycles. The van der Waals surface area contributed by atoms with Crippen LogP contribution in [0.5, 0.6) is 0 Å². The van der Waals surface area contributed by atoms with Crippen LogP contribution in [0.15, 0.2) is 46.7 Å². The topological polar surface area (TPSA) is 83.6 Å². The molecule has 2 amide bonds. The van der Waals surface area contributed by atoms with Gasteiger partial charge in [0, 0.05) is 12.8 Å². The van der Waals surface area contributed by atoms with Crippen LogP contribution in [0.2, 0.25) is 0 Å². The van der Waals surface area contributed by atoms with Crippen LogP contribution in [0.1, 0.15) is 41.0 Å². The number of sulfone groups is 1. The Morgan fingerprint density at radius 2 is 1.93 bits per heavy atom. The van der Waals surface area contributed by atoms with Crippen molar-refractivity contribution in [2.24, 2.45) is 0 Å². The molecule has 1 N–H and O–H groups in total. The van der Waals surface area contributed by atoms with Crippen molar-refractivity contribution >= 4 is 33.0 Å². The van der Waals surface area contributed by atoms with Crippen LogP contribution in [0, 0.1) is 0 Å². The number of rotatable bonds is 5. The SMILES string of the molecule is CC(NC(=O)[C@@H]1CCCN1C(=O)c1cccs1)c1ccc(S(C)(=O)=O)cc1. The monoisotopic (exact) mass is 406 g/mol. The molecule has 2 aromatic rings. The molecule has 3 rings (SSSR count). The Hall–Kier alpha value is -2.19. The van der Waals surface area contributed by atoms with Crippen molar-refractivity contribution in [3.63, 3.8) is 0 Å².